The van der Waals surface area contributed by atoms with Gasteiger partial charge in [0.05, 0.1) is 0 Å². The Balaban J connectivity index is 4.17. The molecule has 0 bridgehead atoms. The highest BCUT2D eigenvalue weighted by Crippen LogP contribution is 1.91. The van der Waals surface area contributed by atoms with Crippen LogP contribution in [-0.2, 0) is 4.79 Å². The van der Waals surface area contributed by atoms with Gasteiger partial charge in [-0.2, -0.15) is 5.26 Å². The van der Waals surface area contributed by atoms with Crippen molar-refractivity contribution in [1.29, 1.82) is 5.26 Å². The zero-order chi connectivity index (χ0) is 8.85. The maximum absolute atomic E-state index is 10.2. The lowest BCUT2D eigenvalue weighted by molar-refractivity contribution is -0.132. The quantitative estimate of drug-likeness (QED) is 0.462. The Kier molecular flexibility index (Phi) is 3.93. The second-order valence-corrected chi connectivity index (χ2v) is 2.30. The molecule has 0 rings (SSSR count). The minimum absolute atomic E-state index is 0.210. The number of carbonyl (C=O) groups is 1. The van der Waals surface area contributed by atoms with E-state index in [1.165, 1.54) is 6.08 Å². The molecule has 0 amide bonds. The Morgan fingerprint density at radius 1 is 1.73 bits per heavy atom. The van der Waals surface area contributed by atoms with Crippen LogP contribution in [-0.4, -0.2) is 36.6 Å². The first-order valence-electron chi connectivity index (χ1n) is 3.06. The number of nitriles is 1. The third kappa shape index (κ3) is 4.12. The summed E-state index contributed by atoms with van der Waals surface area (Å²) in [5, 5.41) is 16.7. The van der Waals surface area contributed by atoms with E-state index in [0.29, 0.717) is 6.54 Å². The van der Waals surface area contributed by atoms with E-state index >= 15 is 0 Å². The van der Waals surface area contributed by atoms with Gasteiger partial charge in [-0.1, -0.05) is 0 Å². The van der Waals surface area contributed by atoms with E-state index in [0.717, 1.165) is 0 Å². The first-order valence-corrected chi connectivity index (χ1v) is 3.06. The Morgan fingerprint density at radius 3 is 2.55 bits per heavy atom. The molecule has 1 N–H and O–H groups in total. The van der Waals surface area contributed by atoms with Crippen LogP contribution in [0.25, 0.3) is 0 Å². The molecule has 0 saturated carbocycles. The van der Waals surface area contributed by atoms with E-state index < -0.39 is 5.97 Å². The number of hydrogen-bond acceptors (Lipinski definition) is 3. The van der Waals surface area contributed by atoms with E-state index in [4.69, 9.17) is 10.4 Å². The number of rotatable bonds is 3. The molecule has 0 aliphatic carbocycles. The van der Waals surface area contributed by atoms with Crippen LogP contribution in [0.1, 0.15) is 0 Å². The predicted molar refractivity (Wildman–Crippen MR) is 39.9 cm³/mol. The fraction of sp³-hybridized carbons (Fsp3) is 0.429. The standard InChI is InChI=1S/C7H10N2O2/c1-9(2)4-3-6(5-8)7(10)11/h3H,4H2,1-2H3,(H,10,11). The molecule has 4 heteroatoms. The Bertz CT molecular complexity index is 213. The van der Waals surface area contributed by atoms with Crippen molar-refractivity contribution >= 4 is 5.97 Å². The van der Waals surface area contributed by atoms with Gasteiger partial charge in [-0.15, -0.1) is 0 Å². The molecule has 0 aromatic heterocycles. The largest absolute Gasteiger partial charge is 0.477 e. The van der Waals surface area contributed by atoms with E-state index in [2.05, 4.69) is 0 Å². The zero-order valence-electron chi connectivity index (χ0n) is 6.53. The number of nitrogens with zero attached hydrogens (tertiary/aromatic N) is 2. The van der Waals surface area contributed by atoms with Gasteiger partial charge in [0.2, 0.25) is 0 Å². The minimum Gasteiger partial charge on any atom is -0.477 e. The Labute approximate surface area is 65.3 Å². The molecular formula is C7H10N2O2. The van der Waals surface area contributed by atoms with Crippen LogP contribution in [0.4, 0.5) is 0 Å². The van der Waals surface area contributed by atoms with Crippen molar-refractivity contribution < 1.29 is 9.90 Å². The van der Waals surface area contributed by atoms with Gasteiger partial charge in [0.15, 0.2) is 0 Å². The summed E-state index contributed by atoms with van der Waals surface area (Å²) >= 11 is 0. The summed E-state index contributed by atoms with van der Waals surface area (Å²) in [6.45, 7) is 0.467. The van der Waals surface area contributed by atoms with Crippen molar-refractivity contribution in [3.8, 4) is 6.07 Å². The van der Waals surface area contributed by atoms with Crippen LogP contribution in [0.2, 0.25) is 0 Å². The first kappa shape index (κ1) is 9.66. The molecule has 0 radical (unpaired) electrons. The van der Waals surface area contributed by atoms with Gasteiger partial charge in [0.25, 0.3) is 0 Å². The SMILES string of the molecule is CN(C)CC=C(C#N)C(=O)O. The van der Waals surface area contributed by atoms with E-state index in [-0.39, 0.29) is 5.57 Å². The highest BCUT2D eigenvalue weighted by atomic mass is 16.4. The molecule has 0 aromatic carbocycles. The highest BCUT2D eigenvalue weighted by molar-refractivity contribution is 5.90. The van der Waals surface area contributed by atoms with Crippen LogP contribution in [0.3, 0.4) is 0 Å². The summed E-state index contributed by atoms with van der Waals surface area (Å²) in [5.74, 6) is -1.17. The summed E-state index contributed by atoms with van der Waals surface area (Å²) in [4.78, 5) is 12.0. The Morgan fingerprint density at radius 2 is 2.27 bits per heavy atom. The van der Waals surface area contributed by atoms with Gasteiger partial charge in [0, 0.05) is 6.54 Å². The molecule has 0 aromatic rings. The molecule has 0 spiro atoms. The first-order chi connectivity index (χ1) is 5.07. The molecule has 4 nitrogen and oxygen atoms in total. The number of hydrogen-bond donors (Lipinski definition) is 1. The maximum atomic E-state index is 10.2. The average molecular weight is 154 g/mol. The number of carboxylic acids is 1. The lowest BCUT2D eigenvalue weighted by Gasteiger charge is -2.03. The maximum Gasteiger partial charge on any atom is 0.346 e. The lowest BCUT2D eigenvalue weighted by atomic mass is 10.3. The summed E-state index contributed by atoms with van der Waals surface area (Å²) < 4.78 is 0. The molecule has 0 aliphatic rings. The second kappa shape index (κ2) is 4.47. The number of carboxylic acid groups (broad SMARTS) is 1. The summed E-state index contributed by atoms with van der Waals surface area (Å²) in [5.41, 5.74) is -0.210. The summed E-state index contributed by atoms with van der Waals surface area (Å²) in [7, 11) is 3.60. The molecular weight excluding hydrogens is 144 g/mol. The topological polar surface area (TPSA) is 64.3 Å². The minimum atomic E-state index is -1.17. The van der Waals surface area contributed by atoms with Gasteiger partial charge in [-0.3, -0.25) is 0 Å². The van der Waals surface area contributed by atoms with Crippen LogP contribution in [0.5, 0.6) is 0 Å². The van der Waals surface area contributed by atoms with Crippen molar-refractivity contribution in [2.24, 2.45) is 0 Å². The van der Waals surface area contributed by atoms with Crippen LogP contribution in [0.15, 0.2) is 11.6 Å². The van der Waals surface area contributed by atoms with Crippen LogP contribution < -0.4 is 0 Å². The van der Waals surface area contributed by atoms with Crippen molar-refractivity contribution in [1.82, 2.24) is 4.90 Å². The fourth-order valence-electron chi connectivity index (χ4n) is 0.455. The van der Waals surface area contributed by atoms with Gasteiger partial charge in [0.1, 0.15) is 11.6 Å². The third-order valence-electron chi connectivity index (χ3n) is 1.01. The van der Waals surface area contributed by atoms with E-state index in [9.17, 15) is 4.79 Å². The van der Waals surface area contributed by atoms with Crippen molar-refractivity contribution in [3.63, 3.8) is 0 Å². The van der Waals surface area contributed by atoms with Crippen LogP contribution >= 0.6 is 0 Å². The fourth-order valence-corrected chi connectivity index (χ4v) is 0.455. The van der Waals surface area contributed by atoms with Gasteiger partial charge < -0.3 is 10.0 Å². The molecule has 0 fully saturated rings. The summed E-state index contributed by atoms with van der Waals surface area (Å²) in [6, 6.07) is 1.59. The van der Waals surface area contributed by atoms with Gasteiger partial charge in [-0.05, 0) is 20.2 Å². The molecule has 0 heterocycles. The van der Waals surface area contributed by atoms with Crippen molar-refractivity contribution in [3.05, 3.63) is 11.6 Å². The molecule has 11 heavy (non-hydrogen) atoms. The molecule has 0 unspecified atom stereocenters. The number of likely N-dealkylation sites (N-methyl/N-ethyl adjacent to an activating group) is 1. The third-order valence-corrected chi connectivity index (χ3v) is 1.01. The summed E-state index contributed by atoms with van der Waals surface area (Å²) in [6.07, 6.45) is 1.38. The second-order valence-electron chi connectivity index (χ2n) is 2.30. The van der Waals surface area contributed by atoms with Gasteiger partial charge >= 0.3 is 5.97 Å². The van der Waals surface area contributed by atoms with Gasteiger partial charge in [-0.25, -0.2) is 4.79 Å². The molecule has 0 atom stereocenters. The average Bonchev–Trinajstić information content (AvgIpc) is 1.87. The lowest BCUT2D eigenvalue weighted by Crippen LogP contribution is -2.12. The predicted octanol–water partition coefficient (Wildman–Crippen LogP) is 0.0826. The number of aliphatic carboxylic acids is 1. The zero-order valence-corrected chi connectivity index (χ0v) is 6.53. The smallest absolute Gasteiger partial charge is 0.346 e. The van der Waals surface area contributed by atoms with E-state index in [1.54, 1.807) is 25.1 Å². The Hall–Kier alpha value is -1.34. The monoisotopic (exact) mass is 154 g/mol. The van der Waals surface area contributed by atoms with Crippen LogP contribution in [0, 0.1) is 11.3 Å². The highest BCUT2D eigenvalue weighted by Gasteiger charge is 2.03. The van der Waals surface area contributed by atoms with Crippen molar-refractivity contribution in [2.45, 2.75) is 0 Å². The molecule has 60 valence electrons. The molecule has 0 saturated heterocycles. The normalized spacial score (nSPS) is 11.3. The molecule has 0 aliphatic heterocycles. The van der Waals surface area contributed by atoms with Crippen molar-refractivity contribution in [2.75, 3.05) is 20.6 Å². The van der Waals surface area contributed by atoms with E-state index in [1.807, 2.05) is 0 Å².